The number of sulfonamides is 1. The average molecular weight is 291 g/mol. The van der Waals surface area contributed by atoms with Gasteiger partial charge in [0.25, 0.3) is 5.69 Å². The van der Waals surface area contributed by atoms with Crippen molar-refractivity contribution in [1.82, 2.24) is 4.72 Å². The first-order valence-corrected chi connectivity index (χ1v) is 7.30. The van der Waals surface area contributed by atoms with Crippen LogP contribution >= 0.6 is 0 Å². The minimum absolute atomic E-state index is 0.239. The van der Waals surface area contributed by atoms with E-state index in [1.165, 1.54) is 6.07 Å². The molecule has 0 radical (unpaired) electrons. The minimum Gasteiger partial charge on any atom is -0.385 e. The third-order valence-electron chi connectivity index (χ3n) is 2.14. The van der Waals surface area contributed by atoms with Crippen LogP contribution in [0.3, 0.4) is 0 Å². The first-order chi connectivity index (χ1) is 8.78. The molecule has 106 valence electrons. The summed E-state index contributed by atoms with van der Waals surface area (Å²) in [4.78, 5) is 9.85. The second-order valence-corrected chi connectivity index (χ2v) is 5.74. The van der Waals surface area contributed by atoms with Crippen LogP contribution in [0.2, 0.25) is 0 Å². The van der Waals surface area contributed by atoms with Crippen molar-refractivity contribution in [2.24, 2.45) is 0 Å². The van der Waals surface area contributed by atoms with Crippen molar-refractivity contribution in [3.05, 3.63) is 34.1 Å². The van der Waals surface area contributed by atoms with Gasteiger partial charge in [-0.25, -0.2) is 17.5 Å². The number of non-ortho nitro benzene ring substituents is 1. The molecule has 0 unspecified atom stereocenters. The Morgan fingerprint density at radius 3 is 2.58 bits per heavy atom. The molecule has 0 fully saturated rings. The molecule has 9 heteroatoms. The average Bonchev–Trinajstić information content (AvgIpc) is 2.26. The van der Waals surface area contributed by atoms with E-state index in [0.29, 0.717) is 13.0 Å². The Morgan fingerprint density at radius 2 is 2.00 bits per heavy atom. The van der Waals surface area contributed by atoms with Gasteiger partial charge >= 0.3 is 0 Å². The van der Waals surface area contributed by atoms with Gasteiger partial charge in [0.2, 0.25) is 10.0 Å². The maximum absolute atomic E-state index is 13.1. The molecule has 0 aromatic heterocycles. The first-order valence-electron chi connectivity index (χ1n) is 5.41. The third-order valence-corrected chi connectivity index (χ3v) is 2.87. The van der Waals surface area contributed by atoms with Crippen molar-refractivity contribution in [2.75, 3.05) is 24.7 Å². The second kappa shape index (κ2) is 6.43. The number of nitro benzene ring substituents is 1. The molecule has 0 aliphatic heterocycles. The summed E-state index contributed by atoms with van der Waals surface area (Å²) in [6, 6.07) is 3.18. The molecule has 1 aromatic rings. The van der Waals surface area contributed by atoms with Crippen molar-refractivity contribution in [3.8, 4) is 0 Å². The van der Waals surface area contributed by atoms with Gasteiger partial charge in [-0.1, -0.05) is 0 Å². The molecular weight excluding hydrogens is 277 g/mol. The molecule has 1 aromatic carbocycles. The fourth-order valence-electron chi connectivity index (χ4n) is 1.36. The Bertz CT molecular complexity index is 562. The maximum Gasteiger partial charge on any atom is 0.274 e. The number of nitrogens with one attached hydrogen (secondary N) is 2. The number of halogens is 1. The Hall–Kier alpha value is -1.74. The number of nitro groups is 1. The monoisotopic (exact) mass is 291 g/mol. The first kappa shape index (κ1) is 15.3. The van der Waals surface area contributed by atoms with Crippen LogP contribution in [0, 0.1) is 15.9 Å². The zero-order chi connectivity index (χ0) is 14.5. The molecular formula is C10H14FN3O4S. The molecule has 2 N–H and O–H groups in total. The molecule has 0 heterocycles. The molecule has 1 rings (SSSR count). The summed E-state index contributed by atoms with van der Waals surface area (Å²) in [5.41, 5.74) is -0.0529. The Labute approximate surface area is 110 Å². The van der Waals surface area contributed by atoms with Gasteiger partial charge in [0.05, 0.1) is 17.2 Å². The highest BCUT2D eigenvalue weighted by molar-refractivity contribution is 7.88. The molecule has 0 amide bonds. The Kier molecular flexibility index (Phi) is 5.19. The number of benzene rings is 1. The van der Waals surface area contributed by atoms with E-state index in [4.69, 9.17) is 0 Å². The van der Waals surface area contributed by atoms with Crippen molar-refractivity contribution < 1.29 is 17.7 Å². The van der Waals surface area contributed by atoms with Gasteiger partial charge in [0.15, 0.2) is 0 Å². The molecule has 0 spiro atoms. The fourth-order valence-corrected chi connectivity index (χ4v) is 1.88. The van der Waals surface area contributed by atoms with Gasteiger partial charge in [0.1, 0.15) is 5.82 Å². The second-order valence-electron chi connectivity index (χ2n) is 3.90. The van der Waals surface area contributed by atoms with E-state index in [-0.39, 0.29) is 17.9 Å². The molecule has 0 bridgehead atoms. The number of nitrogens with zero attached hydrogens (tertiary/aromatic N) is 1. The maximum atomic E-state index is 13.1. The van der Waals surface area contributed by atoms with Gasteiger partial charge in [-0.05, 0) is 12.5 Å². The number of anilines is 1. The van der Waals surface area contributed by atoms with Crippen LogP contribution < -0.4 is 10.0 Å². The molecule has 19 heavy (non-hydrogen) atoms. The van der Waals surface area contributed by atoms with E-state index in [1.54, 1.807) is 0 Å². The van der Waals surface area contributed by atoms with Crippen LogP contribution in [0.4, 0.5) is 15.8 Å². The summed E-state index contributed by atoms with van der Waals surface area (Å²) in [5, 5.41) is 13.3. The predicted molar refractivity (Wildman–Crippen MR) is 69.0 cm³/mol. The number of hydrogen-bond acceptors (Lipinski definition) is 5. The number of hydrogen-bond donors (Lipinski definition) is 2. The van der Waals surface area contributed by atoms with Crippen LogP contribution in [-0.2, 0) is 10.0 Å². The largest absolute Gasteiger partial charge is 0.385 e. The Morgan fingerprint density at radius 1 is 1.32 bits per heavy atom. The van der Waals surface area contributed by atoms with Gasteiger partial charge in [-0.2, -0.15) is 0 Å². The standard InChI is InChI=1S/C10H14FN3O4S/c1-19(17,18)13-4-2-3-12-9-5-8(11)6-10(7-9)14(15)16/h5-7,12-13H,2-4H2,1H3. The third kappa shape index (κ3) is 6.11. The van der Waals surface area contributed by atoms with Crippen LogP contribution in [0.5, 0.6) is 0 Å². The Balaban J connectivity index is 2.47. The normalized spacial score (nSPS) is 11.3. The lowest BCUT2D eigenvalue weighted by Gasteiger charge is -2.06. The molecule has 0 saturated heterocycles. The highest BCUT2D eigenvalue weighted by Gasteiger charge is 2.09. The number of rotatable bonds is 7. The fraction of sp³-hybridized carbons (Fsp3) is 0.400. The highest BCUT2D eigenvalue weighted by atomic mass is 32.2. The molecule has 0 atom stereocenters. The van der Waals surface area contributed by atoms with E-state index in [9.17, 15) is 22.9 Å². The molecule has 0 aliphatic carbocycles. The van der Waals surface area contributed by atoms with Crippen molar-refractivity contribution in [3.63, 3.8) is 0 Å². The highest BCUT2D eigenvalue weighted by Crippen LogP contribution is 2.19. The zero-order valence-corrected chi connectivity index (χ0v) is 11.0. The summed E-state index contributed by atoms with van der Waals surface area (Å²) in [7, 11) is -3.22. The lowest BCUT2D eigenvalue weighted by Crippen LogP contribution is -2.24. The summed E-state index contributed by atoms with van der Waals surface area (Å²) < 4.78 is 36.9. The van der Waals surface area contributed by atoms with E-state index in [0.717, 1.165) is 18.4 Å². The van der Waals surface area contributed by atoms with Crippen molar-refractivity contribution in [2.45, 2.75) is 6.42 Å². The van der Waals surface area contributed by atoms with E-state index in [2.05, 4.69) is 10.0 Å². The van der Waals surface area contributed by atoms with Gasteiger partial charge in [0, 0.05) is 24.8 Å². The quantitative estimate of drug-likeness (QED) is 0.445. The van der Waals surface area contributed by atoms with Crippen molar-refractivity contribution >= 4 is 21.4 Å². The van der Waals surface area contributed by atoms with Crippen LogP contribution in [0.15, 0.2) is 18.2 Å². The SMILES string of the molecule is CS(=O)(=O)NCCCNc1cc(F)cc([N+](=O)[O-])c1. The molecule has 0 aliphatic rings. The van der Waals surface area contributed by atoms with Gasteiger partial charge < -0.3 is 5.32 Å². The van der Waals surface area contributed by atoms with Gasteiger partial charge in [-0.15, -0.1) is 0 Å². The lowest BCUT2D eigenvalue weighted by atomic mass is 10.2. The summed E-state index contributed by atoms with van der Waals surface area (Å²) >= 11 is 0. The predicted octanol–water partition coefficient (Wildman–Crippen LogP) is 1.09. The summed E-state index contributed by atoms with van der Waals surface area (Å²) in [5.74, 6) is -0.703. The van der Waals surface area contributed by atoms with Crippen LogP contribution in [-0.4, -0.2) is 32.7 Å². The van der Waals surface area contributed by atoms with Crippen molar-refractivity contribution in [1.29, 1.82) is 0 Å². The molecule has 0 saturated carbocycles. The van der Waals surface area contributed by atoms with E-state index >= 15 is 0 Å². The van der Waals surface area contributed by atoms with Gasteiger partial charge in [-0.3, -0.25) is 10.1 Å². The van der Waals surface area contributed by atoms with Crippen LogP contribution in [0.25, 0.3) is 0 Å². The zero-order valence-electron chi connectivity index (χ0n) is 10.2. The lowest BCUT2D eigenvalue weighted by molar-refractivity contribution is -0.385. The van der Waals surface area contributed by atoms with E-state index < -0.39 is 20.8 Å². The minimum atomic E-state index is -3.22. The smallest absolute Gasteiger partial charge is 0.274 e. The van der Waals surface area contributed by atoms with E-state index in [1.807, 2.05) is 0 Å². The van der Waals surface area contributed by atoms with Crippen LogP contribution in [0.1, 0.15) is 6.42 Å². The topological polar surface area (TPSA) is 101 Å². The summed E-state index contributed by atoms with van der Waals surface area (Å²) in [6.45, 7) is 0.604. The molecule has 7 nitrogen and oxygen atoms in total. The summed E-state index contributed by atoms with van der Waals surface area (Å²) in [6.07, 6.45) is 1.52.